The molecule has 0 bridgehead atoms. The van der Waals surface area contributed by atoms with E-state index < -0.39 is 0 Å². The average molecular weight is 433 g/mol. The first-order chi connectivity index (χ1) is 13.1. The summed E-state index contributed by atoms with van der Waals surface area (Å²) in [4.78, 5) is 38.8. The van der Waals surface area contributed by atoms with E-state index >= 15 is 0 Å². The van der Waals surface area contributed by atoms with Crippen molar-refractivity contribution >= 4 is 39.5 Å². The lowest BCUT2D eigenvalue weighted by Crippen LogP contribution is -2.42. The summed E-state index contributed by atoms with van der Waals surface area (Å²) in [6.07, 6.45) is 6.63. The molecule has 2 aromatic heterocycles. The van der Waals surface area contributed by atoms with Gasteiger partial charge in [0.15, 0.2) is 0 Å². The number of rotatable bonds is 6. The number of carbonyl (C=O) groups is 2. The largest absolute Gasteiger partial charge is 0.354 e. The molecule has 2 N–H and O–H groups in total. The zero-order valence-electron chi connectivity index (χ0n) is 14.8. The number of hydrogen-bond donors (Lipinski definition) is 2. The summed E-state index contributed by atoms with van der Waals surface area (Å²) in [5.41, 5.74) is 0. The van der Waals surface area contributed by atoms with Gasteiger partial charge in [0.2, 0.25) is 17.8 Å². The fraction of sp³-hybridized carbons (Fsp3) is 0.389. The van der Waals surface area contributed by atoms with Crippen molar-refractivity contribution in [2.75, 3.05) is 30.3 Å². The number of nitrogens with one attached hydrogen (secondary N) is 2. The molecule has 142 valence electrons. The van der Waals surface area contributed by atoms with Crippen molar-refractivity contribution in [2.45, 2.75) is 19.3 Å². The number of anilines is 2. The Morgan fingerprint density at radius 2 is 1.89 bits per heavy atom. The maximum atomic E-state index is 12.4. The third kappa shape index (κ3) is 5.72. The molecule has 2 amide bonds. The maximum Gasteiger partial charge on any atom is 0.228 e. The molecule has 3 rings (SSSR count). The summed E-state index contributed by atoms with van der Waals surface area (Å²) in [7, 11) is 0. The Morgan fingerprint density at radius 1 is 1.15 bits per heavy atom. The number of nitrogens with zero attached hydrogens (tertiary/aromatic N) is 4. The van der Waals surface area contributed by atoms with Gasteiger partial charge in [0.25, 0.3) is 0 Å². The molecule has 1 saturated heterocycles. The van der Waals surface area contributed by atoms with Gasteiger partial charge in [-0.25, -0.2) is 15.0 Å². The maximum absolute atomic E-state index is 12.4. The van der Waals surface area contributed by atoms with Crippen molar-refractivity contribution < 1.29 is 9.59 Å². The van der Waals surface area contributed by atoms with Crippen LogP contribution in [0.25, 0.3) is 0 Å². The molecular weight excluding hydrogens is 412 g/mol. The topological polar surface area (TPSA) is 100 Å². The number of aromatic nitrogens is 3. The van der Waals surface area contributed by atoms with E-state index in [1.165, 1.54) is 0 Å². The summed E-state index contributed by atoms with van der Waals surface area (Å²) >= 11 is 3.32. The minimum absolute atomic E-state index is 0.0418. The Hall–Kier alpha value is -2.55. The van der Waals surface area contributed by atoms with E-state index in [1.807, 2.05) is 11.0 Å². The van der Waals surface area contributed by atoms with Crippen molar-refractivity contribution in [1.82, 2.24) is 19.9 Å². The lowest BCUT2D eigenvalue weighted by atomic mass is 9.95. The van der Waals surface area contributed by atoms with Crippen molar-refractivity contribution in [1.29, 1.82) is 0 Å². The highest BCUT2D eigenvalue weighted by atomic mass is 79.9. The van der Waals surface area contributed by atoms with Crippen LogP contribution >= 0.6 is 15.9 Å². The molecule has 1 aliphatic rings. The number of halogens is 1. The van der Waals surface area contributed by atoms with Crippen molar-refractivity contribution in [3.63, 3.8) is 0 Å². The van der Waals surface area contributed by atoms with Gasteiger partial charge in [0.1, 0.15) is 5.82 Å². The molecule has 27 heavy (non-hydrogen) atoms. The number of pyridine rings is 1. The SMILES string of the molecule is O=C(Nc1ccc(Br)cn1)C1CCN(C(=O)CCNc2ncccn2)CC1. The minimum atomic E-state index is -0.102. The van der Waals surface area contributed by atoms with E-state index in [9.17, 15) is 9.59 Å². The summed E-state index contributed by atoms with van der Waals surface area (Å²) in [6, 6.07) is 5.33. The fourth-order valence-corrected chi connectivity index (χ4v) is 3.13. The van der Waals surface area contributed by atoms with Crippen LogP contribution < -0.4 is 10.6 Å². The molecule has 0 spiro atoms. The highest BCUT2D eigenvalue weighted by molar-refractivity contribution is 9.10. The van der Waals surface area contributed by atoms with E-state index in [1.54, 1.807) is 30.7 Å². The van der Waals surface area contributed by atoms with Crippen LogP contribution in [0.3, 0.4) is 0 Å². The van der Waals surface area contributed by atoms with Gasteiger partial charge in [0.05, 0.1) is 0 Å². The fourth-order valence-electron chi connectivity index (χ4n) is 2.90. The first-order valence-corrected chi connectivity index (χ1v) is 9.62. The first-order valence-electron chi connectivity index (χ1n) is 8.83. The molecule has 0 radical (unpaired) electrons. The number of hydrogen-bond acceptors (Lipinski definition) is 6. The van der Waals surface area contributed by atoms with Gasteiger partial charge < -0.3 is 15.5 Å². The molecule has 8 nitrogen and oxygen atoms in total. The predicted molar refractivity (Wildman–Crippen MR) is 105 cm³/mol. The Labute approximate surface area is 165 Å². The lowest BCUT2D eigenvalue weighted by Gasteiger charge is -2.31. The Balaban J connectivity index is 1.39. The highest BCUT2D eigenvalue weighted by Gasteiger charge is 2.27. The second-order valence-electron chi connectivity index (χ2n) is 6.26. The molecule has 3 heterocycles. The average Bonchev–Trinajstić information content (AvgIpc) is 2.70. The molecule has 0 atom stereocenters. The monoisotopic (exact) mass is 432 g/mol. The molecule has 2 aromatic rings. The highest BCUT2D eigenvalue weighted by Crippen LogP contribution is 2.20. The van der Waals surface area contributed by atoms with E-state index in [0.717, 1.165) is 4.47 Å². The summed E-state index contributed by atoms with van der Waals surface area (Å²) in [5, 5.41) is 5.87. The van der Waals surface area contributed by atoms with Crippen LogP contribution in [0.5, 0.6) is 0 Å². The minimum Gasteiger partial charge on any atom is -0.354 e. The standard InChI is InChI=1S/C18H21BrN6O2/c19-14-2-3-15(23-12-14)24-17(27)13-5-10-25(11-6-13)16(26)4-9-22-18-20-7-1-8-21-18/h1-3,7-8,12-13H,4-6,9-11H2,(H,20,21,22)(H,23,24,27). The van der Waals surface area contributed by atoms with Crippen LogP contribution in [0.1, 0.15) is 19.3 Å². The molecule has 0 saturated carbocycles. The number of amides is 2. The second-order valence-corrected chi connectivity index (χ2v) is 7.17. The first kappa shape index (κ1) is 19.2. The van der Waals surface area contributed by atoms with Crippen LogP contribution in [-0.2, 0) is 9.59 Å². The van der Waals surface area contributed by atoms with E-state index in [-0.39, 0.29) is 17.7 Å². The van der Waals surface area contributed by atoms with Crippen LogP contribution in [0.15, 0.2) is 41.3 Å². The quantitative estimate of drug-likeness (QED) is 0.726. The normalized spacial score (nSPS) is 14.6. The lowest BCUT2D eigenvalue weighted by molar-refractivity contribution is -0.134. The Kier molecular flexibility index (Phi) is 6.69. The van der Waals surface area contributed by atoms with Gasteiger partial charge in [0, 0.05) is 55.0 Å². The summed E-state index contributed by atoms with van der Waals surface area (Å²) in [6.45, 7) is 1.66. The van der Waals surface area contributed by atoms with Gasteiger partial charge >= 0.3 is 0 Å². The molecule has 1 aliphatic heterocycles. The predicted octanol–water partition coefficient (Wildman–Crippen LogP) is 2.31. The number of piperidine rings is 1. The molecule has 0 unspecified atom stereocenters. The van der Waals surface area contributed by atoms with Gasteiger partial charge in [-0.15, -0.1) is 0 Å². The van der Waals surface area contributed by atoms with E-state index in [2.05, 4.69) is 41.5 Å². The van der Waals surface area contributed by atoms with E-state index in [4.69, 9.17) is 0 Å². The molecule has 1 fully saturated rings. The van der Waals surface area contributed by atoms with Gasteiger partial charge in [-0.1, -0.05) is 0 Å². The second kappa shape index (κ2) is 9.40. The number of likely N-dealkylation sites (tertiary alicyclic amines) is 1. The van der Waals surface area contributed by atoms with E-state index in [0.29, 0.717) is 50.7 Å². The van der Waals surface area contributed by atoms with Crippen molar-refractivity contribution in [3.8, 4) is 0 Å². The van der Waals surface area contributed by atoms with Crippen molar-refractivity contribution in [3.05, 3.63) is 41.3 Å². The third-order valence-corrected chi connectivity index (χ3v) is 4.85. The van der Waals surface area contributed by atoms with Crippen LogP contribution in [0.4, 0.5) is 11.8 Å². The molecule has 0 aromatic carbocycles. The smallest absolute Gasteiger partial charge is 0.228 e. The zero-order valence-corrected chi connectivity index (χ0v) is 16.4. The van der Waals surface area contributed by atoms with Gasteiger partial charge in [-0.3, -0.25) is 9.59 Å². The Morgan fingerprint density at radius 3 is 2.56 bits per heavy atom. The van der Waals surface area contributed by atoms with Gasteiger partial charge in [-0.05, 0) is 47.0 Å². The Bertz CT molecular complexity index is 763. The van der Waals surface area contributed by atoms with Gasteiger partial charge in [-0.2, -0.15) is 0 Å². The van der Waals surface area contributed by atoms with Crippen molar-refractivity contribution in [2.24, 2.45) is 5.92 Å². The zero-order chi connectivity index (χ0) is 19.1. The molecule has 9 heteroatoms. The summed E-state index contributed by atoms with van der Waals surface area (Å²) < 4.78 is 0.862. The van der Waals surface area contributed by atoms with Crippen LogP contribution in [0.2, 0.25) is 0 Å². The third-order valence-electron chi connectivity index (χ3n) is 4.38. The molecule has 0 aliphatic carbocycles. The molecular formula is C18H21BrN6O2. The number of carbonyl (C=O) groups excluding carboxylic acids is 2. The van der Waals surface area contributed by atoms with Crippen LogP contribution in [-0.4, -0.2) is 51.3 Å². The van der Waals surface area contributed by atoms with Crippen LogP contribution in [0, 0.1) is 5.92 Å². The summed E-state index contributed by atoms with van der Waals surface area (Å²) in [5.74, 6) is 0.986.